The molecule has 7 nitrogen and oxygen atoms in total. The van der Waals surface area contributed by atoms with Crippen molar-refractivity contribution in [2.45, 2.75) is 51.2 Å². The smallest absolute Gasteiger partial charge is 0.410 e. The normalized spacial score (nSPS) is 15.4. The molecule has 1 fully saturated rings. The van der Waals surface area contributed by atoms with Crippen molar-refractivity contribution in [3.05, 3.63) is 17.3 Å². The van der Waals surface area contributed by atoms with Gasteiger partial charge in [-0.1, -0.05) is 0 Å². The van der Waals surface area contributed by atoms with Crippen LogP contribution in [0.1, 0.15) is 38.5 Å². The van der Waals surface area contributed by atoms with Crippen molar-refractivity contribution >= 4 is 45.3 Å². The number of nitrogens with zero attached hydrogens (tertiary/aromatic N) is 4. The summed E-state index contributed by atoms with van der Waals surface area (Å²) >= 11 is 3.25. The van der Waals surface area contributed by atoms with Gasteiger partial charge in [0.2, 0.25) is 5.91 Å². The highest BCUT2D eigenvalue weighted by Crippen LogP contribution is 2.30. The fourth-order valence-corrected chi connectivity index (χ4v) is 4.95. The lowest BCUT2D eigenvalue weighted by atomic mass is 10.2. The Kier molecular flexibility index (Phi) is 7.00. The van der Waals surface area contributed by atoms with E-state index in [0.29, 0.717) is 38.4 Å². The fraction of sp³-hybridized carbons (Fsp3) is 0.600. The third-order valence-electron chi connectivity index (χ3n) is 4.47. The van der Waals surface area contributed by atoms with Crippen LogP contribution in [0.5, 0.6) is 0 Å². The van der Waals surface area contributed by atoms with E-state index in [4.69, 9.17) is 4.74 Å². The molecule has 2 amide bonds. The van der Waals surface area contributed by atoms with Crippen LogP contribution >= 0.6 is 23.1 Å². The molecule has 0 bridgehead atoms. The minimum atomic E-state index is -0.510. The van der Waals surface area contributed by atoms with Crippen LogP contribution in [0.15, 0.2) is 17.4 Å². The maximum Gasteiger partial charge on any atom is 0.410 e. The number of carbonyl (C=O) groups is 2. The molecular weight excluding hydrogens is 408 g/mol. The van der Waals surface area contributed by atoms with Gasteiger partial charge in [-0.15, -0.1) is 23.1 Å². The van der Waals surface area contributed by atoms with Crippen LogP contribution in [0.2, 0.25) is 0 Å². The van der Waals surface area contributed by atoms with Gasteiger partial charge < -0.3 is 14.5 Å². The molecule has 3 heterocycles. The molecule has 3 rings (SSSR count). The Labute approximate surface area is 179 Å². The summed E-state index contributed by atoms with van der Waals surface area (Å²) in [6, 6.07) is 2.10. The van der Waals surface area contributed by atoms with Gasteiger partial charge in [-0.25, -0.2) is 14.8 Å². The number of rotatable bonds is 4. The van der Waals surface area contributed by atoms with Crippen molar-refractivity contribution in [2.75, 3.05) is 31.9 Å². The molecular formula is C20H28N4O3S2. The highest BCUT2D eigenvalue weighted by Gasteiger charge is 2.25. The van der Waals surface area contributed by atoms with Gasteiger partial charge in [0, 0.05) is 48.6 Å². The van der Waals surface area contributed by atoms with E-state index in [2.05, 4.69) is 23.0 Å². The van der Waals surface area contributed by atoms with Crippen LogP contribution in [0.4, 0.5) is 4.79 Å². The summed E-state index contributed by atoms with van der Waals surface area (Å²) in [7, 11) is 0. The lowest BCUT2D eigenvalue weighted by Gasteiger charge is -2.26. The zero-order chi connectivity index (χ0) is 21.0. The number of thioether (sulfide) groups is 1. The highest BCUT2D eigenvalue weighted by molar-refractivity contribution is 7.99. The number of thiophene rings is 1. The Hall–Kier alpha value is -1.87. The van der Waals surface area contributed by atoms with Crippen molar-refractivity contribution in [3.63, 3.8) is 0 Å². The predicted octanol–water partition coefficient (Wildman–Crippen LogP) is 3.95. The summed E-state index contributed by atoms with van der Waals surface area (Å²) in [6.45, 7) is 9.98. The summed E-state index contributed by atoms with van der Waals surface area (Å²) in [5, 5.41) is 1.99. The Bertz CT molecular complexity index is 878. The van der Waals surface area contributed by atoms with E-state index in [-0.39, 0.29) is 12.0 Å². The van der Waals surface area contributed by atoms with E-state index < -0.39 is 5.60 Å². The molecule has 0 unspecified atom stereocenters. The Balaban J connectivity index is 1.49. The number of fused-ring (bicyclic) bond motifs is 1. The maximum atomic E-state index is 12.7. The first-order valence-corrected chi connectivity index (χ1v) is 11.6. The number of aromatic nitrogens is 2. The molecule has 29 heavy (non-hydrogen) atoms. The van der Waals surface area contributed by atoms with Crippen molar-refractivity contribution in [1.29, 1.82) is 0 Å². The van der Waals surface area contributed by atoms with Gasteiger partial charge in [0.05, 0.1) is 0 Å². The lowest BCUT2D eigenvalue weighted by molar-refractivity contribution is -0.130. The van der Waals surface area contributed by atoms with Crippen molar-refractivity contribution in [2.24, 2.45) is 0 Å². The zero-order valence-corrected chi connectivity index (χ0v) is 19.1. The number of amides is 2. The van der Waals surface area contributed by atoms with Crippen LogP contribution in [0.25, 0.3) is 10.2 Å². The Morgan fingerprint density at radius 3 is 2.66 bits per heavy atom. The van der Waals surface area contributed by atoms with Gasteiger partial charge in [0.15, 0.2) is 0 Å². The first kappa shape index (κ1) is 21.8. The minimum Gasteiger partial charge on any atom is -0.444 e. The van der Waals surface area contributed by atoms with Crippen LogP contribution in [0.3, 0.4) is 0 Å². The van der Waals surface area contributed by atoms with Gasteiger partial charge in [-0.3, -0.25) is 4.79 Å². The van der Waals surface area contributed by atoms with Gasteiger partial charge in [-0.2, -0.15) is 0 Å². The van der Waals surface area contributed by atoms with Gasteiger partial charge in [0.25, 0.3) is 0 Å². The van der Waals surface area contributed by atoms with Crippen LogP contribution < -0.4 is 0 Å². The third-order valence-corrected chi connectivity index (χ3v) is 6.44. The monoisotopic (exact) mass is 436 g/mol. The van der Waals surface area contributed by atoms with E-state index in [1.54, 1.807) is 34.3 Å². The van der Waals surface area contributed by atoms with E-state index in [1.165, 1.54) is 4.88 Å². The molecule has 0 aromatic carbocycles. The topological polar surface area (TPSA) is 75.6 Å². The molecule has 0 atom stereocenters. The van der Waals surface area contributed by atoms with Crippen LogP contribution in [-0.4, -0.2) is 69.3 Å². The quantitative estimate of drug-likeness (QED) is 0.534. The van der Waals surface area contributed by atoms with E-state index in [1.807, 2.05) is 25.7 Å². The number of hydrogen-bond donors (Lipinski definition) is 0. The highest BCUT2D eigenvalue weighted by atomic mass is 32.2. The molecule has 0 radical (unpaired) electrons. The third kappa shape index (κ3) is 6.05. The van der Waals surface area contributed by atoms with E-state index in [0.717, 1.165) is 21.7 Å². The van der Waals surface area contributed by atoms with Gasteiger partial charge in [-0.05, 0) is 40.2 Å². The molecule has 1 aliphatic heterocycles. The molecule has 1 saturated heterocycles. The van der Waals surface area contributed by atoms with Crippen molar-refractivity contribution in [1.82, 2.24) is 19.8 Å². The first-order valence-electron chi connectivity index (χ1n) is 9.82. The zero-order valence-electron chi connectivity index (χ0n) is 17.4. The second-order valence-corrected chi connectivity index (χ2v) is 10.4. The van der Waals surface area contributed by atoms with Gasteiger partial charge >= 0.3 is 6.09 Å². The van der Waals surface area contributed by atoms with E-state index >= 15 is 0 Å². The number of carbonyl (C=O) groups excluding carboxylic acids is 2. The SMILES string of the molecule is Cc1cc2c(SCCC(=O)N3CCCN(C(=O)OC(C)(C)C)CC3)ncnc2s1. The van der Waals surface area contributed by atoms with Gasteiger partial charge in [0.1, 0.15) is 21.8 Å². The molecule has 0 N–H and O–H groups in total. The molecule has 9 heteroatoms. The number of hydrogen-bond acceptors (Lipinski definition) is 7. The summed E-state index contributed by atoms with van der Waals surface area (Å²) in [6.07, 6.45) is 2.49. The van der Waals surface area contributed by atoms with E-state index in [9.17, 15) is 9.59 Å². The molecule has 2 aromatic heterocycles. The molecule has 1 aliphatic rings. The van der Waals surface area contributed by atoms with Crippen molar-refractivity contribution in [3.8, 4) is 0 Å². The largest absolute Gasteiger partial charge is 0.444 e. The summed E-state index contributed by atoms with van der Waals surface area (Å²) < 4.78 is 5.45. The number of aryl methyl sites for hydroxylation is 1. The molecule has 158 valence electrons. The summed E-state index contributed by atoms with van der Waals surface area (Å²) in [5.41, 5.74) is -0.510. The second-order valence-electron chi connectivity index (χ2n) is 8.05. The Morgan fingerprint density at radius 1 is 1.17 bits per heavy atom. The standard InChI is InChI=1S/C20H28N4O3S2/c1-14-12-15-17(21-13-22-18(15)29-14)28-11-6-16(25)23-7-5-8-24(10-9-23)19(26)27-20(2,3)4/h12-13H,5-11H2,1-4H3. The first-order chi connectivity index (χ1) is 13.7. The lowest BCUT2D eigenvalue weighted by Crippen LogP contribution is -2.40. The van der Waals surface area contributed by atoms with Crippen molar-refractivity contribution < 1.29 is 14.3 Å². The van der Waals surface area contributed by atoms with Crippen LogP contribution in [0, 0.1) is 6.92 Å². The minimum absolute atomic E-state index is 0.121. The second kappa shape index (κ2) is 9.30. The molecule has 0 spiro atoms. The Morgan fingerprint density at radius 2 is 1.90 bits per heavy atom. The number of ether oxygens (including phenoxy) is 1. The van der Waals surface area contributed by atoms with Crippen LogP contribution in [-0.2, 0) is 9.53 Å². The summed E-state index contributed by atoms with van der Waals surface area (Å²) in [4.78, 5) is 39.4. The molecule has 0 aliphatic carbocycles. The average molecular weight is 437 g/mol. The fourth-order valence-electron chi connectivity index (χ4n) is 3.14. The maximum absolute atomic E-state index is 12.7. The molecule has 0 saturated carbocycles. The average Bonchev–Trinajstić information content (AvgIpc) is 2.86. The molecule has 2 aromatic rings. The predicted molar refractivity (Wildman–Crippen MR) is 116 cm³/mol. The summed E-state index contributed by atoms with van der Waals surface area (Å²) in [5.74, 6) is 0.793.